The van der Waals surface area contributed by atoms with Crippen molar-refractivity contribution in [3.63, 3.8) is 0 Å². The number of phenolic OH excluding ortho intramolecular Hbond substituents is 1. The molecule has 2 aromatic carbocycles. The third-order valence-corrected chi connectivity index (χ3v) is 6.76. The molecule has 0 radical (unpaired) electrons. The molecule has 1 aliphatic rings. The summed E-state index contributed by atoms with van der Waals surface area (Å²) in [4.78, 5) is 27.9. The number of rotatable bonds is 13. The lowest BCUT2D eigenvalue weighted by molar-refractivity contribution is -0.145. The number of ether oxygens (including phenoxy) is 2. The number of nitrogens with zero attached hydrogens (tertiary/aromatic N) is 1. The van der Waals surface area contributed by atoms with Crippen molar-refractivity contribution in [1.82, 2.24) is 15.5 Å². The lowest BCUT2D eigenvalue weighted by Gasteiger charge is -2.27. The molecule has 8 nitrogen and oxygen atoms in total. The highest BCUT2D eigenvalue weighted by Crippen LogP contribution is 2.42. The summed E-state index contributed by atoms with van der Waals surface area (Å²) in [6.45, 7) is 7.53. The quantitative estimate of drug-likeness (QED) is 0.255. The number of phenols is 1. The highest BCUT2D eigenvalue weighted by Gasteiger charge is 2.27. The maximum atomic E-state index is 13.0. The Labute approximate surface area is 228 Å². The van der Waals surface area contributed by atoms with Crippen LogP contribution in [0, 0.1) is 0 Å². The first-order valence-electron chi connectivity index (χ1n) is 12.7. The van der Waals surface area contributed by atoms with Gasteiger partial charge in [0.25, 0.3) is 5.91 Å². The van der Waals surface area contributed by atoms with Crippen molar-refractivity contribution in [1.29, 1.82) is 0 Å². The highest BCUT2D eigenvalue weighted by atomic mass is 35.5. The van der Waals surface area contributed by atoms with Crippen LogP contribution in [0.3, 0.4) is 0 Å². The summed E-state index contributed by atoms with van der Waals surface area (Å²) in [5.41, 5.74) is 0.693. The maximum Gasteiger partial charge on any atom is 0.328 e. The number of aromatic hydroxyl groups is 1. The summed E-state index contributed by atoms with van der Waals surface area (Å²) in [7, 11) is 0. The Kier molecular flexibility index (Phi) is 11.8. The van der Waals surface area contributed by atoms with Crippen molar-refractivity contribution in [3.05, 3.63) is 57.6 Å². The molecule has 1 saturated heterocycles. The van der Waals surface area contributed by atoms with Crippen molar-refractivity contribution < 1.29 is 24.2 Å². The molecule has 3 rings (SSSR count). The SMILES string of the molecule is CCOC(=O)[C@H](Cc1ccccc1)NC(=O)c1cc(Cl)c(OCCCCCN2CCNCC2)c(Cl)c1O. The number of carbonyl (C=O) groups is 2. The van der Waals surface area contributed by atoms with Gasteiger partial charge < -0.3 is 30.1 Å². The average molecular weight is 552 g/mol. The van der Waals surface area contributed by atoms with Gasteiger partial charge in [-0.1, -0.05) is 53.5 Å². The molecule has 0 saturated carbocycles. The Morgan fingerprint density at radius 2 is 1.86 bits per heavy atom. The van der Waals surface area contributed by atoms with Crippen LogP contribution < -0.4 is 15.4 Å². The van der Waals surface area contributed by atoms with Crippen molar-refractivity contribution in [2.75, 3.05) is 45.9 Å². The molecule has 0 aliphatic carbocycles. The lowest BCUT2D eigenvalue weighted by atomic mass is 10.1. The van der Waals surface area contributed by atoms with E-state index in [2.05, 4.69) is 15.5 Å². The van der Waals surface area contributed by atoms with E-state index in [-0.39, 0.29) is 34.4 Å². The summed E-state index contributed by atoms with van der Waals surface area (Å²) >= 11 is 12.7. The number of unbranched alkanes of at least 4 members (excludes halogenated alkanes) is 2. The molecule has 10 heteroatoms. The maximum absolute atomic E-state index is 13.0. The Bertz CT molecular complexity index is 1030. The van der Waals surface area contributed by atoms with Gasteiger partial charge in [-0.3, -0.25) is 4.79 Å². The van der Waals surface area contributed by atoms with Crippen LogP contribution in [0.5, 0.6) is 11.5 Å². The lowest BCUT2D eigenvalue weighted by Crippen LogP contribution is -2.43. The summed E-state index contributed by atoms with van der Waals surface area (Å²) in [6, 6.07) is 9.58. The molecule has 37 heavy (non-hydrogen) atoms. The zero-order chi connectivity index (χ0) is 26.6. The van der Waals surface area contributed by atoms with E-state index in [4.69, 9.17) is 32.7 Å². The molecule has 0 aromatic heterocycles. The number of piperazine rings is 1. The van der Waals surface area contributed by atoms with Gasteiger partial charge in [0.05, 0.1) is 23.8 Å². The van der Waals surface area contributed by atoms with Gasteiger partial charge in [-0.25, -0.2) is 4.79 Å². The first-order valence-corrected chi connectivity index (χ1v) is 13.4. The van der Waals surface area contributed by atoms with Crippen LogP contribution in [-0.2, 0) is 16.0 Å². The number of nitrogens with one attached hydrogen (secondary N) is 2. The van der Waals surface area contributed by atoms with E-state index in [1.54, 1.807) is 6.92 Å². The van der Waals surface area contributed by atoms with Crippen molar-refractivity contribution in [2.45, 2.75) is 38.6 Å². The Balaban J connectivity index is 1.58. The zero-order valence-corrected chi connectivity index (χ0v) is 22.6. The molecule has 0 bridgehead atoms. The van der Waals surface area contributed by atoms with Gasteiger partial charge in [0.2, 0.25) is 0 Å². The first-order chi connectivity index (χ1) is 17.9. The number of esters is 1. The predicted octanol–water partition coefficient (Wildman–Crippen LogP) is 4.06. The van der Waals surface area contributed by atoms with E-state index in [1.165, 1.54) is 6.07 Å². The topological polar surface area (TPSA) is 100 Å². The van der Waals surface area contributed by atoms with Crippen LogP contribution in [0.2, 0.25) is 10.0 Å². The highest BCUT2D eigenvalue weighted by molar-refractivity contribution is 6.39. The number of hydrogen-bond donors (Lipinski definition) is 3. The smallest absolute Gasteiger partial charge is 0.328 e. The number of carbonyl (C=O) groups excluding carboxylic acids is 2. The summed E-state index contributed by atoms with van der Waals surface area (Å²) in [5.74, 6) is -1.60. The molecular formula is C27H35Cl2N3O5. The van der Waals surface area contributed by atoms with E-state index < -0.39 is 23.7 Å². The second-order valence-electron chi connectivity index (χ2n) is 8.87. The number of benzene rings is 2. The van der Waals surface area contributed by atoms with Gasteiger partial charge in [0.15, 0.2) is 11.5 Å². The average Bonchev–Trinajstić information content (AvgIpc) is 2.90. The van der Waals surface area contributed by atoms with Crippen molar-refractivity contribution in [3.8, 4) is 11.5 Å². The first kappa shape index (κ1) is 29.0. The Hall–Kier alpha value is -2.52. The second kappa shape index (κ2) is 15.0. The molecule has 0 unspecified atom stereocenters. The van der Waals surface area contributed by atoms with Crippen LogP contribution in [0.15, 0.2) is 36.4 Å². The molecular weight excluding hydrogens is 517 g/mol. The Morgan fingerprint density at radius 1 is 1.14 bits per heavy atom. The second-order valence-corrected chi connectivity index (χ2v) is 9.65. The van der Waals surface area contributed by atoms with E-state index in [0.29, 0.717) is 6.61 Å². The minimum Gasteiger partial charge on any atom is -0.505 e. The van der Waals surface area contributed by atoms with E-state index in [0.717, 1.165) is 57.5 Å². The van der Waals surface area contributed by atoms with Crippen molar-refractivity contribution >= 4 is 35.1 Å². The standard InChI is InChI=1S/C27H35Cl2N3O5/c1-2-36-27(35)22(17-19-9-5-3-6-10-19)31-26(34)20-18-21(28)25(23(29)24(20)33)37-16-8-4-7-13-32-14-11-30-12-15-32/h3,5-6,9-10,18,22,30,33H,2,4,7-8,11-17H2,1H3,(H,31,34)/t22-/m0/s1. The van der Waals surface area contributed by atoms with Crippen LogP contribution in [0.4, 0.5) is 0 Å². The molecule has 202 valence electrons. The molecule has 0 spiro atoms. The van der Waals surface area contributed by atoms with Crippen LogP contribution in [-0.4, -0.2) is 73.9 Å². The largest absolute Gasteiger partial charge is 0.505 e. The molecule has 3 N–H and O–H groups in total. The summed E-state index contributed by atoms with van der Waals surface area (Å²) in [6.07, 6.45) is 3.09. The molecule has 1 amide bonds. The molecule has 1 atom stereocenters. The summed E-state index contributed by atoms with van der Waals surface area (Å²) < 4.78 is 10.9. The van der Waals surface area contributed by atoms with E-state index >= 15 is 0 Å². The third kappa shape index (κ3) is 8.78. The fourth-order valence-corrected chi connectivity index (χ4v) is 4.71. The van der Waals surface area contributed by atoms with Gasteiger partial charge in [0.1, 0.15) is 11.1 Å². The summed E-state index contributed by atoms with van der Waals surface area (Å²) in [5, 5.41) is 16.6. The number of halogens is 2. The normalized spacial score (nSPS) is 14.7. The monoisotopic (exact) mass is 551 g/mol. The van der Waals surface area contributed by atoms with Crippen LogP contribution >= 0.6 is 23.2 Å². The zero-order valence-electron chi connectivity index (χ0n) is 21.1. The van der Waals surface area contributed by atoms with Crippen LogP contribution in [0.25, 0.3) is 0 Å². The fourth-order valence-electron chi connectivity index (χ4n) is 4.14. The third-order valence-electron chi connectivity index (χ3n) is 6.13. The van der Waals surface area contributed by atoms with Crippen LogP contribution in [0.1, 0.15) is 42.1 Å². The number of amides is 1. The fraction of sp³-hybridized carbons (Fsp3) is 0.481. The van der Waals surface area contributed by atoms with Gasteiger partial charge in [-0.05, 0) is 44.4 Å². The number of hydrogen-bond acceptors (Lipinski definition) is 7. The van der Waals surface area contributed by atoms with E-state index in [9.17, 15) is 14.7 Å². The van der Waals surface area contributed by atoms with Gasteiger partial charge >= 0.3 is 5.97 Å². The molecule has 1 fully saturated rings. The Morgan fingerprint density at radius 3 is 2.57 bits per heavy atom. The van der Waals surface area contributed by atoms with Gasteiger partial charge in [-0.15, -0.1) is 0 Å². The molecule has 1 aliphatic heterocycles. The molecule has 1 heterocycles. The predicted molar refractivity (Wildman–Crippen MR) is 145 cm³/mol. The molecule has 2 aromatic rings. The van der Waals surface area contributed by atoms with Gasteiger partial charge in [-0.2, -0.15) is 0 Å². The van der Waals surface area contributed by atoms with E-state index in [1.807, 2.05) is 30.3 Å². The minimum absolute atomic E-state index is 0.101. The van der Waals surface area contributed by atoms with Crippen molar-refractivity contribution in [2.24, 2.45) is 0 Å². The minimum atomic E-state index is -0.955. The van der Waals surface area contributed by atoms with Gasteiger partial charge in [0, 0.05) is 32.6 Å².